The third-order valence-corrected chi connectivity index (χ3v) is 5.28. The molecule has 1 unspecified atom stereocenters. The Morgan fingerprint density at radius 1 is 1.00 bits per heavy atom. The second-order valence-corrected chi connectivity index (χ2v) is 7.93. The molecule has 5 nitrogen and oxygen atoms in total. The summed E-state index contributed by atoms with van der Waals surface area (Å²) in [7, 11) is 0. The number of amides is 2. The third kappa shape index (κ3) is 7.32. The van der Waals surface area contributed by atoms with Crippen LogP contribution in [0.5, 0.6) is 5.75 Å². The Hall–Kier alpha value is -3.38. The summed E-state index contributed by atoms with van der Waals surface area (Å²) in [4.78, 5) is 27.8. The molecule has 3 aromatic rings. The first-order chi connectivity index (χ1) is 16.0. The summed E-state index contributed by atoms with van der Waals surface area (Å²) in [6.45, 7) is 2.12. The molecule has 3 aromatic carbocycles. The van der Waals surface area contributed by atoms with Crippen LogP contribution in [-0.2, 0) is 22.6 Å². The molecular formula is C26H26ClFN2O3. The largest absolute Gasteiger partial charge is 0.484 e. The maximum absolute atomic E-state index is 13.4. The Morgan fingerprint density at radius 3 is 2.39 bits per heavy atom. The lowest BCUT2D eigenvalue weighted by Crippen LogP contribution is -2.51. The van der Waals surface area contributed by atoms with Gasteiger partial charge in [-0.15, -0.1) is 0 Å². The Kier molecular flexibility index (Phi) is 8.84. The number of rotatable bonds is 10. The smallest absolute Gasteiger partial charge is 0.261 e. The van der Waals surface area contributed by atoms with Gasteiger partial charge in [-0.3, -0.25) is 9.59 Å². The highest BCUT2D eigenvalue weighted by Gasteiger charge is 2.30. The van der Waals surface area contributed by atoms with Crippen molar-refractivity contribution >= 4 is 23.4 Å². The lowest BCUT2D eigenvalue weighted by Gasteiger charge is -2.31. The van der Waals surface area contributed by atoms with E-state index in [2.05, 4.69) is 5.32 Å². The predicted molar refractivity (Wildman–Crippen MR) is 127 cm³/mol. The van der Waals surface area contributed by atoms with E-state index in [-0.39, 0.29) is 30.8 Å². The van der Waals surface area contributed by atoms with Gasteiger partial charge in [0.15, 0.2) is 6.61 Å². The molecule has 0 fully saturated rings. The number of carbonyl (C=O) groups is 2. The van der Waals surface area contributed by atoms with E-state index < -0.39 is 6.04 Å². The zero-order chi connectivity index (χ0) is 23.6. The summed E-state index contributed by atoms with van der Waals surface area (Å²) >= 11 is 6.00. The molecule has 2 amide bonds. The maximum Gasteiger partial charge on any atom is 0.261 e. The average Bonchev–Trinajstić information content (AvgIpc) is 2.82. The molecule has 1 atom stereocenters. The first kappa shape index (κ1) is 24.3. The van der Waals surface area contributed by atoms with E-state index in [0.717, 1.165) is 5.56 Å². The fourth-order valence-corrected chi connectivity index (χ4v) is 3.60. The molecule has 7 heteroatoms. The van der Waals surface area contributed by atoms with Crippen molar-refractivity contribution in [2.24, 2.45) is 0 Å². The highest BCUT2D eigenvalue weighted by Crippen LogP contribution is 2.19. The van der Waals surface area contributed by atoms with Gasteiger partial charge < -0.3 is 15.0 Å². The minimum atomic E-state index is -0.770. The zero-order valence-electron chi connectivity index (χ0n) is 18.3. The number of benzene rings is 3. The Morgan fingerprint density at radius 2 is 1.73 bits per heavy atom. The molecule has 0 aliphatic heterocycles. The molecule has 0 radical (unpaired) electrons. The van der Waals surface area contributed by atoms with Crippen LogP contribution in [0.15, 0.2) is 78.9 Å². The number of hydrogen-bond acceptors (Lipinski definition) is 3. The van der Waals surface area contributed by atoms with Gasteiger partial charge in [-0.05, 0) is 48.4 Å². The standard InChI is InChI=1S/C26H26ClFN2O3/c1-2-29-26(32)24(15-19-7-4-3-5-8-19)30(17-20-11-13-22(28)14-12-20)25(31)18-33-23-10-6-9-21(27)16-23/h3-14,16,24H,2,15,17-18H2,1H3,(H,29,32). The van der Waals surface area contributed by atoms with Gasteiger partial charge in [0.2, 0.25) is 5.91 Å². The molecule has 0 heterocycles. The van der Waals surface area contributed by atoms with E-state index in [1.807, 2.05) is 37.3 Å². The lowest BCUT2D eigenvalue weighted by molar-refractivity contribution is -0.142. The number of likely N-dealkylation sites (N-methyl/N-ethyl adjacent to an activating group) is 1. The van der Waals surface area contributed by atoms with Gasteiger partial charge in [0, 0.05) is 24.5 Å². The Bertz CT molecular complexity index is 1060. The molecule has 0 bridgehead atoms. The number of halogens is 2. The molecule has 0 aliphatic carbocycles. The van der Waals surface area contributed by atoms with Gasteiger partial charge in [0.1, 0.15) is 17.6 Å². The van der Waals surface area contributed by atoms with Gasteiger partial charge in [0.25, 0.3) is 5.91 Å². The van der Waals surface area contributed by atoms with Crippen molar-refractivity contribution in [3.8, 4) is 5.75 Å². The topological polar surface area (TPSA) is 58.6 Å². The quantitative estimate of drug-likeness (QED) is 0.472. The average molecular weight is 469 g/mol. The minimum Gasteiger partial charge on any atom is -0.484 e. The second kappa shape index (κ2) is 12.0. The van der Waals surface area contributed by atoms with Crippen LogP contribution in [0.2, 0.25) is 5.02 Å². The van der Waals surface area contributed by atoms with Crippen LogP contribution in [0.4, 0.5) is 4.39 Å². The van der Waals surface area contributed by atoms with Gasteiger partial charge in [0.05, 0.1) is 0 Å². The summed E-state index contributed by atoms with van der Waals surface area (Å²) in [5.41, 5.74) is 1.62. The molecule has 1 N–H and O–H groups in total. The summed E-state index contributed by atoms with van der Waals surface area (Å²) in [5.74, 6) is -0.549. The van der Waals surface area contributed by atoms with Gasteiger partial charge in [-0.2, -0.15) is 0 Å². The first-order valence-corrected chi connectivity index (χ1v) is 11.1. The molecule has 0 aromatic heterocycles. The van der Waals surface area contributed by atoms with Gasteiger partial charge in [-0.1, -0.05) is 60.1 Å². The van der Waals surface area contributed by atoms with Gasteiger partial charge >= 0.3 is 0 Å². The Labute approximate surface area is 198 Å². The van der Waals surface area contributed by atoms with Crippen LogP contribution in [0.1, 0.15) is 18.1 Å². The van der Waals surface area contributed by atoms with E-state index in [4.69, 9.17) is 16.3 Å². The van der Waals surface area contributed by atoms with Crippen molar-refractivity contribution in [1.29, 1.82) is 0 Å². The highest BCUT2D eigenvalue weighted by atomic mass is 35.5. The highest BCUT2D eigenvalue weighted by molar-refractivity contribution is 6.30. The molecule has 172 valence electrons. The van der Waals surface area contributed by atoms with Crippen LogP contribution in [-0.4, -0.2) is 35.9 Å². The van der Waals surface area contributed by atoms with Crippen LogP contribution in [0.25, 0.3) is 0 Å². The van der Waals surface area contributed by atoms with E-state index in [1.54, 1.807) is 36.4 Å². The number of nitrogens with one attached hydrogen (secondary N) is 1. The maximum atomic E-state index is 13.4. The fourth-order valence-electron chi connectivity index (χ4n) is 3.42. The molecule has 0 spiro atoms. The lowest BCUT2D eigenvalue weighted by atomic mass is 10.0. The summed E-state index contributed by atoms with van der Waals surface area (Å²) in [6, 6.07) is 21.3. The van der Waals surface area contributed by atoms with Crippen molar-refractivity contribution in [3.63, 3.8) is 0 Å². The van der Waals surface area contributed by atoms with E-state index in [9.17, 15) is 14.0 Å². The van der Waals surface area contributed by atoms with Crippen LogP contribution in [0, 0.1) is 5.82 Å². The summed E-state index contributed by atoms with van der Waals surface area (Å²) in [5, 5.41) is 3.32. The molecule has 3 rings (SSSR count). The van der Waals surface area contributed by atoms with Crippen LogP contribution >= 0.6 is 11.6 Å². The van der Waals surface area contributed by atoms with Crippen molar-refractivity contribution in [2.75, 3.05) is 13.2 Å². The van der Waals surface area contributed by atoms with Crippen molar-refractivity contribution in [1.82, 2.24) is 10.2 Å². The molecule has 33 heavy (non-hydrogen) atoms. The van der Waals surface area contributed by atoms with E-state index in [0.29, 0.717) is 29.3 Å². The number of carbonyl (C=O) groups excluding carboxylic acids is 2. The number of nitrogens with zero attached hydrogens (tertiary/aromatic N) is 1. The van der Waals surface area contributed by atoms with Crippen LogP contribution in [0.3, 0.4) is 0 Å². The number of hydrogen-bond donors (Lipinski definition) is 1. The Balaban J connectivity index is 1.88. The summed E-state index contributed by atoms with van der Waals surface area (Å²) < 4.78 is 19.1. The van der Waals surface area contributed by atoms with E-state index in [1.165, 1.54) is 17.0 Å². The van der Waals surface area contributed by atoms with Crippen molar-refractivity contribution < 1.29 is 18.7 Å². The summed E-state index contributed by atoms with van der Waals surface area (Å²) in [6.07, 6.45) is 0.330. The monoisotopic (exact) mass is 468 g/mol. The second-order valence-electron chi connectivity index (χ2n) is 7.49. The zero-order valence-corrected chi connectivity index (χ0v) is 19.1. The van der Waals surface area contributed by atoms with Crippen LogP contribution < -0.4 is 10.1 Å². The third-order valence-electron chi connectivity index (χ3n) is 5.05. The molecule has 0 saturated carbocycles. The molecule has 0 aliphatic rings. The normalized spacial score (nSPS) is 11.5. The fraction of sp³-hybridized carbons (Fsp3) is 0.231. The molecule has 0 saturated heterocycles. The van der Waals surface area contributed by atoms with Gasteiger partial charge in [-0.25, -0.2) is 4.39 Å². The number of ether oxygens (including phenoxy) is 1. The SMILES string of the molecule is CCNC(=O)C(Cc1ccccc1)N(Cc1ccc(F)cc1)C(=O)COc1cccc(Cl)c1. The van der Waals surface area contributed by atoms with E-state index >= 15 is 0 Å². The first-order valence-electron chi connectivity index (χ1n) is 10.7. The molecular weight excluding hydrogens is 443 g/mol. The van der Waals surface area contributed by atoms with Crippen molar-refractivity contribution in [2.45, 2.75) is 25.9 Å². The minimum absolute atomic E-state index is 0.132. The van der Waals surface area contributed by atoms with Crippen molar-refractivity contribution in [3.05, 3.63) is 101 Å². The predicted octanol–water partition coefficient (Wildman–Crippen LogP) is 4.63.